The maximum atomic E-state index is 15.0. The van der Waals surface area contributed by atoms with E-state index in [1.54, 1.807) is 6.07 Å². The zero-order chi connectivity index (χ0) is 29.5. The van der Waals surface area contributed by atoms with Crippen molar-refractivity contribution in [1.82, 2.24) is 9.88 Å². The lowest BCUT2D eigenvalue weighted by molar-refractivity contribution is 0.166. The van der Waals surface area contributed by atoms with Crippen LogP contribution in [0.5, 0.6) is 11.6 Å². The van der Waals surface area contributed by atoms with E-state index in [4.69, 9.17) is 14.0 Å². The van der Waals surface area contributed by atoms with Crippen LogP contribution in [0.2, 0.25) is 0 Å². The molecule has 1 aliphatic rings. The second kappa shape index (κ2) is 14.4. The molecular formula is C33H43FN2O4P+. The molecule has 6 nitrogen and oxygen atoms in total. The molecule has 2 atom stereocenters. The van der Waals surface area contributed by atoms with E-state index in [9.17, 15) is 8.96 Å². The Morgan fingerprint density at radius 2 is 1.80 bits per heavy atom. The van der Waals surface area contributed by atoms with Gasteiger partial charge in [-0.3, -0.25) is 4.90 Å². The Hall–Kier alpha value is -2.86. The highest BCUT2D eigenvalue weighted by Crippen LogP contribution is 2.47. The third-order valence-electron chi connectivity index (χ3n) is 7.68. The number of ether oxygens (including phenoxy) is 2. The molecule has 41 heavy (non-hydrogen) atoms. The molecule has 0 bridgehead atoms. The SMILES string of the molecule is CCO[P+](=O)CC(c1cccc(OCc2ccc(-c3cc(OC)ncc3F)c(CN(C(C)C)C(C)C)c2)c1)C1CC1. The van der Waals surface area contributed by atoms with Crippen molar-refractivity contribution >= 4 is 8.03 Å². The number of pyridine rings is 1. The third kappa shape index (κ3) is 8.34. The Morgan fingerprint density at radius 3 is 2.46 bits per heavy atom. The Balaban J connectivity index is 1.59. The van der Waals surface area contributed by atoms with Gasteiger partial charge in [-0.15, -0.1) is 4.52 Å². The summed E-state index contributed by atoms with van der Waals surface area (Å²) in [5.41, 5.74) is 4.45. The molecule has 0 amide bonds. The van der Waals surface area contributed by atoms with Crippen LogP contribution in [0.3, 0.4) is 0 Å². The number of aromatic nitrogens is 1. The van der Waals surface area contributed by atoms with E-state index < -0.39 is 8.03 Å². The first-order chi connectivity index (χ1) is 19.7. The van der Waals surface area contributed by atoms with Crippen molar-refractivity contribution < 1.29 is 23.0 Å². The fourth-order valence-corrected chi connectivity index (χ4v) is 6.63. The normalized spacial score (nSPS) is 14.5. The summed E-state index contributed by atoms with van der Waals surface area (Å²) in [6.45, 7) is 12.1. The molecule has 0 saturated heterocycles. The van der Waals surface area contributed by atoms with Crippen LogP contribution in [-0.4, -0.2) is 41.8 Å². The minimum Gasteiger partial charge on any atom is -0.489 e. The van der Waals surface area contributed by atoms with Gasteiger partial charge in [-0.05, 0) is 92.3 Å². The highest BCUT2D eigenvalue weighted by Gasteiger charge is 2.38. The Kier molecular flexibility index (Phi) is 10.9. The lowest BCUT2D eigenvalue weighted by Crippen LogP contribution is -2.36. The fraction of sp³-hybridized carbons (Fsp3) is 0.485. The first-order valence-corrected chi connectivity index (χ1v) is 15.9. The summed E-state index contributed by atoms with van der Waals surface area (Å²) < 4.78 is 44.3. The van der Waals surface area contributed by atoms with Gasteiger partial charge in [0.15, 0.2) is 6.16 Å². The molecule has 1 heterocycles. The highest BCUT2D eigenvalue weighted by molar-refractivity contribution is 7.39. The van der Waals surface area contributed by atoms with Gasteiger partial charge in [-0.1, -0.05) is 30.3 Å². The van der Waals surface area contributed by atoms with E-state index in [-0.39, 0.29) is 11.7 Å². The summed E-state index contributed by atoms with van der Waals surface area (Å²) in [5, 5.41) is 0. The summed E-state index contributed by atoms with van der Waals surface area (Å²) in [5.74, 6) is 1.53. The molecule has 1 fully saturated rings. The van der Waals surface area contributed by atoms with E-state index in [0.29, 0.717) is 55.4 Å². The fourth-order valence-electron chi connectivity index (χ4n) is 5.41. The number of hydrogen-bond donors (Lipinski definition) is 0. The van der Waals surface area contributed by atoms with Gasteiger partial charge in [0.25, 0.3) is 0 Å². The lowest BCUT2D eigenvalue weighted by Gasteiger charge is -2.31. The van der Waals surface area contributed by atoms with Crippen LogP contribution < -0.4 is 9.47 Å². The van der Waals surface area contributed by atoms with Crippen molar-refractivity contribution in [2.45, 2.75) is 78.6 Å². The number of methoxy groups -OCH3 is 1. The van der Waals surface area contributed by atoms with Crippen LogP contribution in [0.4, 0.5) is 4.39 Å². The van der Waals surface area contributed by atoms with E-state index >= 15 is 0 Å². The van der Waals surface area contributed by atoms with Crippen LogP contribution in [0.25, 0.3) is 11.1 Å². The van der Waals surface area contributed by atoms with Crippen LogP contribution in [0.1, 0.15) is 70.1 Å². The van der Waals surface area contributed by atoms with Crippen molar-refractivity contribution in [3.05, 3.63) is 77.2 Å². The largest absolute Gasteiger partial charge is 0.508 e. The predicted molar refractivity (Wildman–Crippen MR) is 162 cm³/mol. The van der Waals surface area contributed by atoms with Crippen LogP contribution in [-0.2, 0) is 22.2 Å². The number of hydrogen-bond acceptors (Lipinski definition) is 6. The second-order valence-corrected chi connectivity index (χ2v) is 12.6. The molecule has 1 saturated carbocycles. The molecule has 220 valence electrons. The maximum absolute atomic E-state index is 15.0. The molecule has 1 aliphatic carbocycles. The summed E-state index contributed by atoms with van der Waals surface area (Å²) >= 11 is 0. The second-order valence-electron chi connectivity index (χ2n) is 11.3. The Morgan fingerprint density at radius 1 is 1.05 bits per heavy atom. The van der Waals surface area contributed by atoms with E-state index in [0.717, 1.165) is 40.8 Å². The molecule has 3 aromatic rings. The van der Waals surface area contributed by atoms with Crippen molar-refractivity contribution in [3.63, 3.8) is 0 Å². The predicted octanol–water partition coefficient (Wildman–Crippen LogP) is 8.37. The van der Waals surface area contributed by atoms with Gasteiger partial charge in [-0.25, -0.2) is 9.37 Å². The van der Waals surface area contributed by atoms with Crippen LogP contribution in [0, 0.1) is 11.7 Å². The highest BCUT2D eigenvalue weighted by atomic mass is 31.1. The van der Waals surface area contributed by atoms with E-state index in [1.165, 1.54) is 13.3 Å². The zero-order valence-corrected chi connectivity index (χ0v) is 26.0. The minimum atomic E-state index is -1.67. The number of halogens is 1. The molecule has 4 rings (SSSR count). The van der Waals surface area contributed by atoms with E-state index in [2.05, 4.69) is 55.8 Å². The first kappa shape index (κ1) is 31.1. The minimum absolute atomic E-state index is 0.213. The van der Waals surface area contributed by atoms with Crippen molar-refractivity contribution in [1.29, 1.82) is 0 Å². The monoisotopic (exact) mass is 581 g/mol. The van der Waals surface area contributed by atoms with Crippen LogP contribution in [0.15, 0.2) is 54.7 Å². The summed E-state index contributed by atoms with van der Waals surface area (Å²) in [4.78, 5) is 6.40. The van der Waals surface area contributed by atoms with E-state index in [1.807, 2.05) is 31.2 Å². The molecular weight excluding hydrogens is 538 g/mol. The van der Waals surface area contributed by atoms with Crippen molar-refractivity contribution in [3.8, 4) is 22.8 Å². The standard InChI is InChI=1S/C33H43FN2O4P/c1-7-40-41(37)21-31(25-12-13-25)26-9-8-10-28(16-26)39-20-24-11-14-29(30-17-33(38-6)35-18-32(30)34)27(15-24)19-36(22(2)3)23(4)5/h8-11,14-18,22-23,25,31H,7,12-13,19-21H2,1-6H3/q+1. The van der Waals surface area contributed by atoms with Gasteiger partial charge < -0.3 is 9.47 Å². The molecule has 0 aliphatic heterocycles. The Labute approximate surface area is 245 Å². The van der Waals surface area contributed by atoms with Gasteiger partial charge in [0.2, 0.25) is 5.88 Å². The zero-order valence-electron chi connectivity index (χ0n) is 25.1. The Bertz CT molecular complexity index is 1320. The van der Waals surface area contributed by atoms with Gasteiger partial charge in [0.05, 0.1) is 19.9 Å². The smallest absolute Gasteiger partial charge is 0.489 e. The molecule has 8 heteroatoms. The molecule has 0 spiro atoms. The molecule has 2 aromatic carbocycles. The van der Waals surface area contributed by atoms with Gasteiger partial charge in [0, 0.05) is 36.2 Å². The van der Waals surface area contributed by atoms with Gasteiger partial charge >= 0.3 is 8.03 Å². The average molecular weight is 582 g/mol. The lowest BCUT2D eigenvalue weighted by atomic mass is 9.96. The van der Waals surface area contributed by atoms with Gasteiger partial charge in [-0.2, -0.15) is 0 Å². The van der Waals surface area contributed by atoms with Crippen molar-refractivity contribution in [2.24, 2.45) is 5.92 Å². The average Bonchev–Trinajstić information content (AvgIpc) is 3.79. The quantitative estimate of drug-likeness (QED) is 0.168. The number of rotatable bonds is 15. The molecule has 0 radical (unpaired) electrons. The topological polar surface area (TPSA) is 60.9 Å². The molecule has 2 unspecified atom stereocenters. The number of nitrogens with zero attached hydrogens (tertiary/aromatic N) is 2. The maximum Gasteiger partial charge on any atom is 0.508 e. The molecule has 1 aromatic heterocycles. The summed E-state index contributed by atoms with van der Waals surface area (Å²) in [6, 6.07) is 16.5. The third-order valence-corrected chi connectivity index (χ3v) is 8.92. The summed E-state index contributed by atoms with van der Waals surface area (Å²) in [7, 11) is -0.139. The van der Waals surface area contributed by atoms with Gasteiger partial charge in [0.1, 0.15) is 18.2 Å². The summed E-state index contributed by atoms with van der Waals surface area (Å²) in [6.07, 6.45) is 4.08. The van der Waals surface area contributed by atoms with Crippen LogP contribution >= 0.6 is 8.03 Å². The van der Waals surface area contributed by atoms with Crippen molar-refractivity contribution in [2.75, 3.05) is 19.9 Å². The number of benzene rings is 2. The first-order valence-electron chi connectivity index (χ1n) is 14.6. The molecule has 0 N–H and O–H groups in total.